The number of benzene rings is 2. The molecule has 1 amide bonds. The molecule has 4 aromatic rings. The van der Waals surface area contributed by atoms with E-state index in [2.05, 4.69) is 20.3 Å². The molecule has 0 saturated carbocycles. The van der Waals surface area contributed by atoms with E-state index in [1.54, 1.807) is 31.4 Å². The van der Waals surface area contributed by atoms with Gasteiger partial charge in [-0.05, 0) is 48.5 Å². The van der Waals surface area contributed by atoms with Gasteiger partial charge in [0.15, 0.2) is 5.82 Å². The average Bonchev–Trinajstić information content (AvgIpc) is 3.52. The standard InChI is InChI=1S/C23H21N5O4S/c1-31-19-8-4-3-7-18(19)21-25-26-23(28(21)27-13-5-6-14-27)33-15-20(29)24-17-11-9-16(10-12-17)22(30)32-2/h3-14H,15H2,1-2H3,(H,24,29). The predicted octanol–water partition coefficient (Wildman–Crippen LogP) is 3.58. The van der Waals surface area contributed by atoms with Gasteiger partial charge in [-0.25, -0.2) is 9.47 Å². The minimum absolute atomic E-state index is 0.115. The molecule has 0 radical (unpaired) electrons. The number of rotatable bonds is 8. The van der Waals surface area contributed by atoms with Crippen LogP contribution < -0.4 is 10.1 Å². The molecular weight excluding hydrogens is 442 g/mol. The van der Waals surface area contributed by atoms with E-state index in [-0.39, 0.29) is 11.7 Å². The van der Waals surface area contributed by atoms with Crippen LogP contribution in [0.3, 0.4) is 0 Å². The Labute approximate surface area is 194 Å². The number of thioether (sulfide) groups is 1. The number of carbonyl (C=O) groups excluding carboxylic acids is 2. The topological polar surface area (TPSA) is 100 Å². The molecule has 1 N–H and O–H groups in total. The van der Waals surface area contributed by atoms with Gasteiger partial charge in [0.1, 0.15) is 5.75 Å². The van der Waals surface area contributed by atoms with Crippen molar-refractivity contribution in [3.05, 3.63) is 78.6 Å². The highest BCUT2D eigenvalue weighted by molar-refractivity contribution is 7.99. The predicted molar refractivity (Wildman–Crippen MR) is 124 cm³/mol. The van der Waals surface area contributed by atoms with Crippen molar-refractivity contribution in [2.45, 2.75) is 5.16 Å². The Kier molecular flexibility index (Phi) is 6.75. The Balaban J connectivity index is 1.52. The number of hydrogen-bond acceptors (Lipinski definition) is 7. The Morgan fingerprint density at radius 3 is 2.39 bits per heavy atom. The first-order valence-electron chi connectivity index (χ1n) is 9.94. The normalized spacial score (nSPS) is 10.6. The van der Waals surface area contributed by atoms with Crippen molar-refractivity contribution < 1.29 is 19.1 Å². The molecule has 0 aliphatic carbocycles. The number of aromatic nitrogens is 4. The number of amides is 1. The number of nitrogens with zero attached hydrogens (tertiary/aromatic N) is 4. The SMILES string of the molecule is COC(=O)c1ccc(NC(=O)CSc2nnc(-c3ccccc3OC)n2-n2cccc2)cc1. The summed E-state index contributed by atoms with van der Waals surface area (Å²) in [5.41, 5.74) is 1.77. The number of hydrogen-bond donors (Lipinski definition) is 1. The highest BCUT2D eigenvalue weighted by Crippen LogP contribution is 2.31. The summed E-state index contributed by atoms with van der Waals surface area (Å²) in [6.45, 7) is 0. The van der Waals surface area contributed by atoms with E-state index in [1.165, 1.54) is 18.9 Å². The number of nitrogens with one attached hydrogen (secondary N) is 1. The van der Waals surface area contributed by atoms with Crippen LogP contribution in [0.5, 0.6) is 5.75 Å². The molecular formula is C23H21N5O4S. The monoisotopic (exact) mass is 463 g/mol. The molecule has 0 spiro atoms. The van der Waals surface area contributed by atoms with Crippen LogP contribution in [0.15, 0.2) is 78.2 Å². The molecule has 0 bridgehead atoms. The molecule has 2 heterocycles. The van der Waals surface area contributed by atoms with Gasteiger partial charge in [-0.3, -0.25) is 9.47 Å². The Morgan fingerprint density at radius 1 is 0.970 bits per heavy atom. The molecule has 33 heavy (non-hydrogen) atoms. The molecule has 4 rings (SSSR count). The van der Waals surface area contributed by atoms with Crippen molar-refractivity contribution in [3.63, 3.8) is 0 Å². The van der Waals surface area contributed by atoms with E-state index in [0.29, 0.717) is 28.0 Å². The number of para-hydroxylation sites is 1. The van der Waals surface area contributed by atoms with Crippen molar-refractivity contribution in [1.82, 2.24) is 19.5 Å². The van der Waals surface area contributed by atoms with Gasteiger partial charge in [-0.15, -0.1) is 10.2 Å². The first-order chi connectivity index (χ1) is 16.1. The molecule has 10 heteroatoms. The zero-order valence-electron chi connectivity index (χ0n) is 18.0. The maximum Gasteiger partial charge on any atom is 0.337 e. The lowest BCUT2D eigenvalue weighted by molar-refractivity contribution is -0.113. The van der Waals surface area contributed by atoms with Gasteiger partial charge < -0.3 is 14.8 Å². The smallest absolute Gasteiger partial charge is 0.337 e. The molecule has 9 nitrogen and oxygen atoms in total. The third-order valence-electron chi connectivity index (χ3n) is 4.70. The molecule has 0 saturated heterocycles. The summed E-state index contributed by atoms with van der Waals surface area (Å²) in [7, 11) is 2.92. The van der Waals surface area contributed by atoms with Gasteiger partial charge in [0.25, 0.3) is 0 Å². The Bertz CT molecular complexity index is 1250. The van der Waals surface area contributed by atoms with Crippen LogP contribution in [0.25, 0.3) is 11.4 Å². The van der Waals surface area contributed by atoms with E-state index in [1.807, 2.05) is 58.1 Å². The maximum absolute atomic E-state index is 12.5. The van der Waals surface area contributed by atoms with Crippen LogP contribution in [-0.2, 0) is 9.53 Å². The highest BCUT2D eigenvalue weighted by Gasteiger charge is 2.19. The van der Waals surface area contributed by atoms with Crippen LogP contribution in [0, 0.1) is 0 Å². The van der Waals surface area contributed by atoms with E-state index < -0.39 is 5.97 Å². The summed E-state index contributed by atoms with van der Waals surface area (Å²) in [5.74, 6) is 0.725. The summed E-state index contributed by atoms with van der Waals surface area (Å²) >= 11 is 1.25. The lowest BCUT2D eigenvalue weighted by atomic mass is 10.2. The molecule has 2 aromatic carbocycles. The first kappa shape index (κ1) is 22.2. The first-order valence-corrected chi connectivity index (χ1v) is 10.9. The number of methoxy groups -OCH3 is 2. The van der Waals surface area contributed by atoms with Gasteiger partial charge in [0.05, 0.1) is 31.1 Å². The van der Waals surface area contributed by atoms with Crippen LogP contribution in [0.4, 0.5) is 5.69 Å². The van der Waals surface area contributed by atoms with Crippen LogP contribution in [0.1, 0.15) is 10.4 Å². The molecule has 0 atom stereocenters. The van der Waals surface area contributed by atoms with E-state index in [4.69, 9.17) is 4.74 Å². The second-order valence-corrected chi connectivity index (χ2v) is 7.73. The fourth-order valence-corrected chi connectivity index (χ4v) is 3.89. The summed E-state index contributed by atoms with van der Waals surface area (Å²) in [6.07, 6.45) is 3.74. The molecule has 0 fully saturated rings. The second-order valence-electron chi connectivity index (χ2n) is 6.79. The quantitative estimate of drug-likeness (QED) is 0.315. The number of carbonyl (C=O) groups is 2. The van der Waals surface area contributed by atoms with Crippen LogP contribution >= 0.6 is 11.8 Å². The molecule has 0 aliphatic heterocycles. The van der Waals surface area contributed by atoms with Crippen molar-refractivity contribution >= 4 is 29.3 Å². The summed E-state index contributed by atoms with van der Waals surface area (Å²) < 4.78 is 13.8. The summed E-state index contributed by atoms with van der Waals surface area (Å²) in [6, 6.07) is 17.8. The fourth-order valence-electron chi connectivity index (χ4n) is 3.15. The van der Waals surface area contributed by atoms with Crippen molar-refractivity contribution in [3.8, 4) is 17.1 Å². The third kappa shape index (κ3) is 4.90. The van der Waals surface area contributed by atoms with Gasteiger partial charge in [0, 0.05) is 18.1 Å². The molecule has 2 aromatic heterocycles. The molecule has 0 unspecified atom stereocenters. The third-order valence-corrected chi connectivity index (χ3v) is 5.62. The number of esters is 1. The van der Waals surface area contributed by atoms with Crippen LogP contribution in [0.2, 0.25) is 0 Å². The largest absolute Gasteiger partial charge is 0.496 e. The lowest BCUT2D eigenvalue weighted by Gasteiger charge is -2.13. The number of ether oxygens (including phenoxy) is 2. The van der Waals surface area contributed by atoms with Gasteiger partial charge in [0.2, 0.25) is 11.1 Å². The molecule has 168 valence electrons. The van der Waals surface area contributed by atoms with Crippen molar-refractivity contribution in [2.75, 3.05) is 25.3 Å². The number of anilines is 1. The van der Waals surface area contributed by atoms with Crippen molar-refractivity contribution in [2.24, 2.45) is 0 Å². The highest BCUT2D eigenvalue weighted by atomic mass is 32.2. The minimum atomic E-state index is -0.432. The Morgan fingerprint density at radius 2 is 1.70 bits per heavy atom. The maximum atomic E-state index is 12.5. The zero-order valence-corrected chi connectivity index (χ0v) is 18.8. The van der Waals surface area contributed by atoms with E-state index in [9.17, 15) is 9.59 Å². The van der Waals surface area contributed by atoms with E-state index >= 15 is 0 Å². The minimum Gasteiger partial charge on any atom is -0.496 e. The average molecular weight is 464 g/mol. The van der Waals surface area contributed by atoms with Gasteiger partial charge in [-0.2, -0.15) is 0 Å². The summed E-state index contributed by atoms with van der Waals surface area (Å²) in [5, 5.41) is 12.0. The Hall–Kier alpha value is -4.05. The van der Waals surface area contributed by atoms with Crippen LogP contribution in [-0.4, -0.2) is 51.4 Å². The van der Waals surface area contributed by atoms with Gasteiger partial charge >= 0.3 is 5.97 Å². The zero-order chi connectivity index (χ0) is 23.2. The lowest BCUT2D eigenvalue weighted by Crippen LogP contribution is -2.16. The van der Waals surface area contributed by atoms with E-state index in [0.717, 1.165) is 5.56 Å². The van der Waals surface area contributed by atoms with Crippen molar-refractivity contribution in [1.29, 1.82) is 0 Å². The fraction of sp³-hybridized carbons (Fsp3) is 0.130. The summed E-state index contributed by atoms with van der Waals surface area (Å²) in [4.78, 5) is 24.1. The molecule has 0 aliphatic rings. The second kappa shape index (κ2) is 10.0. The van der Waals surface area contributed by atoms with Gasteiger partial charge in [-0.1, -0.05) is 23.9 Å².